The zero-order chi connectivity index (χ0) is 14.4. The molecule has 0 aliphatic carbocycles. The average Bonchev–Trinajstić information content (AvgIpc) is 3.05. The zero-order valence-electron chi connectivity index (χ0n) is 11.7. The molecule has 0 saturated carbocycles. The monoisotopic (exact) mass is 293 g/mol. The first-order valence-electron chi connectivity index (χ1n) is 6.60. The third-order valence-electron chi connectivity index (χ3n) is 2.79. The summed E-state index contributed by atoms with van der Waals surface area (Å²) in [5, 5.41) is 12.8. The van der Waals surface area contributed by atoms with E-state index in [0.717, 1.165) is 29.1 Å². The summed E-state index contributed by atoms with van der Waals surface area (Å²) in [6, 6.07) is -0.167. The quantitative estimate of drug-likeness (QED) is 0.847. The van der Waals surface area contributed by atoms with Gasteiger partial charge < -0.3 is 10.6 Å². The van der Waals surface area contributed by atoms with Crippen molar-refractivity contribution >= 4 is 17.4 Å². The Morgan fingerprint density at radius 3 is 2.95 bits per heavy atom. The Hall–Kier alpha value is -1.89. The van der Waals surface area contributed by atoms with Gasteiger partial charge in [-0.1, -0.05) is 6.92 Å². The lowest BCUT2D eigenvalue weighted by Crippen LogP contribution is -2.36. The SMILES string of the molecule is CCc1nc(CNC(=O)NCCc2cnn(C)c2)cs1. The van der Waals surface area contributed by atoms with E-state index in [-0.39, 0.29) is 6.03 Å². The number of nitrogens with one attached hydrogen (secondary N) is 2. The van der Waals surface area contributed by atoms with Crippen molar-refractivity contribution in [1.29, 1.82) is 0 Å². The van der Waals surface area contributed by atoms with Gasteiger partial charge in [-0.15, -0.1) is 11.3 Å². The van der Waals surface area contributed by atoms with Gasteiger partial charge in [0.15, 0.2) is 0 Å². The molecular weight excluding hydrogens is 274 g/mol. The Morgan fingerprint density at radius 2 is 2.30 bits per heavy atom. The summed E-state index contributed by atoms with van der Waals surface area (Å²) in [5.74, 6) is 0. The van der Waals surface area contributed by atoms with E-state index in [4.69, 9.17) is 0 Å². The van der Waals surface area contributed by atoms with E-state index < -0.39 is 0 Å². The normalized spacial score (nSPS) is 10.5. The fourth-order valence-corrected chi connectivity index (χ4v) is 2.49. The van der Waals surface area contributed by atoms with E-state index in [1.807, 2.05) is 18.6 Å². The molecule has 7 heteroatoms. The first-order chi connectivity index (χ1) is 9.67. The molecule has 0 unspecified atom stereocenters. The second-order valence-electron chi connectivity index (χ2n) is 4.47. The molecule has 0 aliphatic rings. The van der Waals surface area contributed by atoms with Gasteiger partial charge in [0.1, 0.15) is 0 Å². The summed E-state index contributed by atoms with van der Waals surface area (Å²) in [6.45, 7) is 3.13. The molecule has 2 aromatic heterocycles. The summed E-state index contributed by atoms with van der Waals surface area (Å²) >= 11 is 1.63. The van der Waals surface area contributed by atoms with Gasteiger partial charge in [0.2, 0.25) is 0 Å². The van der Waals surface area contributed by atoms with E-state index in [1.54, 1.807) is 22.2 Å². The summed E-state index contributed by atoms with van der Waals surface area (Å²) in [7, 11) is 1.88. The Balaban J connectivity index is 1.65. The minimum atomic E-state index is -0.167. The van der Waals surface area contributed by atoms with Gasteiger partial charge in [-0.2, -0.15) is 5.10 Å². The first kappa shape index (κ1) is 14.5. The number of urea groups is 1. The topological polar surface area (TPSA) is 71.8 Å². The third kappa shape index (κ3) is 4.34. The summed E-state index contributed by atoms with van der Waals surface area (Å²) in [4.78, 5) is 16.0. The second-order valence-corrected chi connectivity index (χ2v) is 5.41. The molecule has 0 fully saturated rings. The molecule has 0 saturated heterocycles. The third-order valence-corrected chi connectivity index (χ3v) is 3.83. The first-order valence-corrected chi connectivity index (χ1v) is 7.48. The van der Waals surface area contributed by atoms with Crippen LogP contribution in [0.1, 0.15) is 23.2 Å². The molecule has 2 amide bonds. The van der Waals surface area contributed by atoms with Gasteiger partial charge in [0, 0.05) is 25.2 Å². The van der Waals surface area contributed by atoms with Crippen molar-refractivity contribution in [3.05, 3.63) is 34.0 Å². The molecule has 0 spiro atoms. The van der Waals surface area contributed by atoms with Crippen LogP contribution in [-0.2, 0) is 26.4 Å². The molecule has 2 N–H and O–H groups in total. The van der Waals surface area contributed by atoms with E-state index in [1.165, 1.54) is 0 Å². The number of thiazole rings is 1. The van der Waals surface area contributed by atoms with Gasteiger partial charge in [-0.3, -0.25) is 4.68 Å². The lowest BCUT2D eigenvalue weighted by molar-refractivity contribution is 0.240. The highest BCUT2D eigenvalue weighted by Gasteiger charge is 2.04. The number of nitrogens with zero attached hydrogens (tertiary/aromatic N) is 3. The predicted molar refractivity (Wildman–Crippen MR) is 78.6 cm³/mol. The zero-order valence-corrected chi connectivity index (χ0v) is 12.5. The highest BCUT2D eigenvalue weighted by molar-refractivity contribution is 7.09. The number of rotatable bonds is 6. The second kappa shape index (κ2) is 7.04. The minimum Gasteiger partial charge on any atom is -0.338 e. The molecule has 0 aliphatic heterocycles. The summed E-state index contributed by atoms with van der Waals surface area (Å²) < 4.78 is 1.75. The van der Waals surface area contributed by atoms with Crippen molar-refractivity contribution in [1.82, 2.24) is 25.4 Å². The van der Waals surface area contributed by atoms with Gasteiger partial charge in [-0.05, 0) is 18.4 Å². The molecule has 6 nitrogen and oxygen atoms in total. The number of aryl methyl sites for hydroxylation is 2. The molecule has 0 bridgehead atoms. The van der Waals surface area contributed by atoms with Crippen LogP contribution in [0.2, 0.25) is 0 Å². The molecule has 20 heavy (non-hydrogen) atoms. The molecule has 0 radical (unpaired) electrons. The van der Waals surface area contributed by atoms with Crippen molar-refractivity contribution in [2.45, 2.75) is 26.3 Å². The summed E-state index contributed by atoms with van der Waals surface area (Å²) in [6.07, 6.45) is 5.46. The van der Waals surface area contributed by atoms with Crippen molar-refractivity contribution in [3.63, 3.8) is 0 Å². The number of hydrogen-bond donors (Lipinski definition) is 2. The summed E-state index contributed by atoms with van der Waals surface area (Å²) in [5.41, 5.74) is 2.02. The van der Waals surface area contributed by atoms with Crippen molar-refractivity contribution in [2.24, 2.45) is 7.05 Å². The Bertz CT molecular complexity index is 563. The van der Waals surface area contributed by atoms with Crippen LogP contribution in [0, 0.1) is 0 Å². The van der Waals surface area contributed by atoms with Crippen LogP contribution in [0.3, 0.4) is 0 Å². The number of carbonyl (C=O) groups excluding carboxylic acids is 1. The van der Waals surface area contributed by atoms with E-state index >= 15 is 0 Å². The number of amides is 2. The van der Waals surface area contributed by atoms with E-state index in [0.29, 0.717) is 13.1 Å². The van der Waals surface area contributed by atoms with Gasteiger partial charge in [0.25, 0.3) is 0 Å². The van der Waals surface area contributed by atoms with Crippen molar-refractivity contribution < 1.29 is 4.79 Å². The van der Waals surface area contributed by atoms with Crippen molar-refractivity contribution in [3.8, 4) is 0 Å². The fraction of sp³-hybridized carbons (Fsp3) is 0.462. The molecule has 0 aromatic carbocycles. The van der Waals surface area contributed by atoms with Crippen molar-refractivity contribution in [2.75, 3.05) is 6.54 Å². The number of carbonyl (C=O) groups is 1. The average molecular weight is 293 g/mol. The highest BCUT2D eigenvalue weighted by Crippen LogP contribution is 2.09. The maximum Gasteiger partial charge on any atom is 0.315 e. The van der Waals surface area contributed by atoms with Crippen LogP contribution >= 0.6 is 11.3 Å². The van der Waals surface area contributed by atoms with E-state index in [9.17, 15) is 4.79 Å². The Kier molecular flexibility index (Phi) is 5.11. The van der Waals surface area contributed by atoms with Crippen LogP contribution in [-0.4, -0.2) is 27.3 Å². The molecule has 2 rings (SSSR count). The molecule has 108 valence electrons. The maximum absolute atomic E-state index is 11.6. The minimum absolute atomic E-state index is 0.167. The molecule has 0 atom stereocenters. The standard InChI is InChI=1S/C13H19N5OS/c1-3-12-17-11(9-20-12)7-15-13(19)14-5-4-10-6-16-18(2)8-10/h6,8-9H,3-5,7H2,1-2H3,(H2,14,15,19). The van der Waals surface area contributed by atoms with Crippen LogP contribution in [0.4, 0.5) is 4.79 Å². The highest BCUT2D eigenvalue weighted by atomic mass is 32.1. The lowest BCUT2D eigenvalue weighted by atomic mass is 10.2. The van der Waals surface area contributed by atoms with Gasteiger partial charge >= 0.3 is 6.03 Å². The molecular formula is C13H19N5OS. The Morgan fingerprint density at radius 1 is 1.45 bits per heavy atom. The lowest BCUT2D eigenvalue weighted by Gasteiger charge is -2.05. The van der Waals surface area contributed by atoms with Crippen LogP contribution < -0.4 is 10.6 Å². The van der Waals surface area contributed by atoms with Gasteiger partial charge in [-0.25, -0.2) is 9.78 Å². The number of aromatic nitrogens is 3. The largest absolute Gasteiger partial charge is 0.338 e. The smallest absolute Gasteiger partial charge is 0.315 e. The fourth-order valence-electron chi connectivity index (χ4n) is 1.75. The van der Waals surface area contributed by atoms with Crippen LogP contribution in [0.15, 0.2) is 17.8 Å². The van der Waals surface area contributed by atoms with Crippen LogP contribution in [0.5, 0.6) is 0 Å². The van der Waals surface area contributed by atoms with E-state index in [2.05, 4.69) is 27.6 Å². The number of hydrogen-bond acceptors (Lipinski definition) is 4. The van der Waals surface area contributed by atoms with Gasteiger partial charge in [0.05, 0.1) is 23.4 Å². The van der Waals surface area contributed by atoms with Crippen LogP contribution in [0.25, 0.3) is 0 Å². The molecule has 2 heterocycles. The maximum atomic E-state index is 11.6. The Labute approximate surface area is 122 Å². The predicted octanol–water partition coefficient (Wildman–Crippen LogP) is 1.48. The molecule has 2 aromatic rings.